The smallest absolute Gasteiger partial charge is 0.354 e. The van der Waals surface area contributed by atoms with Crippen molar-refractivity contribution >= 4 is 28.7 Å². The molecule has 1 aromatic carbocycles. The van der Waals surface area contributed by atoms with Crippen LogP contribution in [0.5, 0.6) is 0 Å². The standard InChI is InChI=1S/C14H15N3O4/c1-8-15-10-5-4-9(6-11(10)16-8)17-12(14(19)21-3)7-13(18)20-2/h4-7,17H,1-3H3,(H,15,16)/b12-7+. The van der Waals surface area contributed by atoms with Gasteiger partial charge in [-0.1, -0.05) is 0 Å². The largest absolute Gasteiger partial charge is 0.466 e. The molecule has 1 heterocycles. The molecule has 2 aromatic rings. The van der Waals surface area contributed by atoms with Gasteiger partial charge in [0.1, 0.15) is 11.5 Å². The highest BCUT2D eigenvalue weighted by atomic mass is 16.5. The zero-order valence-electron chi connectivity index (χ0n) is 11.9. The molecule has 110 valence electrons. The Hall–Kier alpha value is -2.83. The van der Waals surface area contributed by atoms with E-state index >= 15 is 0 Å². The SMILES string of the molecule is COC(=O)/C=C(/Nc1ccc2nc(C)[nH]c2c1)C(=O)OC. The lowest BCUT2D eigenvalue weighted by Crippen LogP contribution is -2.15. The van der Waals surface area contributed by atoms with Crippen molar-refractivity contribution in [3.8, 4) is 0 Å². The number of imidazole rings is 1. The number of methoxy groups -OCH3 is 2. The number of carbonyl (C=O) groups is 2. The highest BCUT2D eigenvalue weighted by Gasteiger charge is 2.13. The van der Waals surface area contributed by atoms with E-state index in [2.05, 4.69) is 24.8 Å². The predicted octanol–water partition coefficient (Wildman–Crippen LogP) is 1.51. The Morgan fingerprint density at radius 2 is 2.05 bits per heavy atom. The fraction of sp³-hybridized carbons (Fsp3) is 0.214. The van der Waals surface area contributed by atoms with Gasteiger partial charge in [0, 0.05) is 5.69 Å². The number of hydrogen-bond donors (Lipinski definition) is 2. The number of anilines is 1. The van der Waals surface area contributed by atoms with Gasteiger partial charge in [0.25, 0.3) is 0 Å². The predicted molar refractivity (Wildman–Crippen MR) is 76.6 cm³/mol. The summed E-state index contributed by atoms with van der Waals surface area (Å²) in [6.07, 6.45) is 1.04. The zero-order chi connectivity index (χ0) is 15.4. The number of aromatic nitrogens is 2. The topological polar surface area (TPSA) is 93.3 Å². The number of benzene rings is 1. The summed E-state index contributed by atoms with van der Waals surface area (Å²) in [5.74, 6) is -0.525. The van der Waals surface area contributed by atoms with Crippen molar-refractivity contribution in [2.45, 2.75) is 6.92 Å². The van der Waals surface area contributed by atoms with Crippen molar-refractivity contribution < 1.29 is 19.1 Å². The number of aromatic amines is 1. The second kappa shape index (κ2) is 6.08. The van der Waals surface area contributed by atoms with Crippen LogP contribution in [-0.2, 0) is 19.1 Å². The number of rotatable bonds is 4. The molecule has 1 aromatic heterocycles. The van der Waals surface area contributed by atoms with Gasteiger partial charge in [-0.15, -0.1) is 0 Å². The Kier molecular flexibility index (Phi) is 4.22. The average Bonchev–Trinajstić information content (AvgIpc) is 2.84. The molecule has 0 radical (unpaired) electrons. The maximum atomic E-state index is 11.7. The lowest BCUT2D eigenvalue weighted by atomic mass is 10.2. The molecule has 7 nitrogen and oxygen atoms in total. The van der Waals surface area contributed by atoms with Crippen LogP contribution in [0, 0.1) is 6.92 Å². The van der Waals surface area contributed by atoms with E-state index in [0.717, 1.165) is 22.9 Å². The minimum atomic E-state index is -0.665. The van der Waals surface area contributed by atoms with Crippen molar-refractivity contribution in [2.75, 3.05) is 19.5 Å². The lowest BCUT2D eigenvalue weighted by Gasteiger charge is -2.08. The first-order valence-electron chi connectivity index (χ1n) is 6.15. The molecule has 7 heteroatoms. The molecule has 0 fully saturated rings. The first-order valence-corrected chi connectivity index (χ1v) is 6.15. The molecule has 0 unspecified atom stereocenters. The quantitative estimate of drug-likeness (QED) is 0.654. The monoisotopic (exact) mass is 289 g/mol. The molecule has 0 atom stereocenters. The van der Waals surface area contributed by atoms with Crippen LogP contribution < -0.4 is 5.32 Å². The van der Waals surface area contributed by atoms with Gasteiger partial charge < -0.3 is 19.8 Å². The summed E-state index contributed by atoms with van der Waals surface area (Å²) in [6, 6.07) is 5.33. The minimum Gasteiger partial charge on any atom is -0.466 e. The third kappa shape index (κ3) is 3.38. The van der Waals surface area contributed by atoms with Gasteiger partial charge >= 0.3 is 11.9 Å². The number of fused-ring (bicyclic) bond motifs is 1. The highest BCUT2D eigenvalue weighted by molar-refractivity contribution is 5.99. The second-order valence-electron chi connectivity index (χ2n) is 4.25. The van der Waals surface area contributed by atoms with Gasteiger partial charge in [0.05, 0.1) is 31.3 Å². The molecule has 0 spiro atoms. The average molecular weight is 289 g/mol. The van der Waals surface area contributed by atoms with Crippen LogP contribution in [0.4, 0.5) is 5.69 Å². The normalized spacial score (nSPS) is 11.3. The van der Waals surface area contributed by atoms with Crippen molar-refractivity contribution in [2.24, 2.45) is 0 Å². The fourth-order valence-corrected chi connectivity index (χ4v) is 1.80. The van der Waals surface area contributed by atoms with Crippen molar-refractivity contribution in [1.82, 2.24) is 9.97 Å². The maximum absolute atomic E-state index is 11.7. The fourth-order valence-electron chi connectivity index (χ4n) is 1.80. The number of nitrogens with zero attached hydrogens (tertiary/aromatic N) is 1. The van der Waals surface area contributed by atoms with Gasteiger partial charge in [0.2, 0.25) is 0 Å². The van der Waals surface area contributed by atoms with E-state index in [1.165, 1.54) is 14.2 Å². The van der Waals surface area contributed by atoms with Crippen LogP contribution in [-0.4, -0.2) is 36.1 Å². The third-order valence-corrected chi connectivity index (χ3v) is 2.75. The molecule has 0 bridgehead atoms. The second-order valence-corrected chi connectivity index (χ2v) is 4.25. The number of carbonyl (C=O) groups excluding carboxylic acids is 2. The van der Waals surface area contributed by atoms with Crippen LogP contribution in [0.2, 0.25) is 0 Å². The lowest BCUT2D eigenvalue weighted by molar-refractivity contribution is -0.138. The van der Waals surface area contributed by atoms with E-state index in [-0.39, 0.29) is 5.70 Å². The molecule has 0 aliphatic heterocycles. The zero-order valence-corrected chi connectivity index (χ0v) is 11.9. The van der Waals surface area contributed by atoms with Gasteiger partial charge in [-0.3, -0.25) is 0 Å². The molecular weight excluding hydrogens is 274 g/mol. The molecule has 0 saturated carbocycles. The molecule has 2 N–H and O–H groups in total. The van der Waals surface area contributed by atoms with Gasteiger partial charge in [-0.25, -0.2) is 14.6 Å². The van der Waals surface area contributed by atoms with Crippen molar-refractivity contribution in [1.29, 1.82) is 0 Å². The molecule has 0 saturated heterocycles. The third-order valence-electron chi connectivity index (χ3n) is 2.75. The molecule has 0 aliphatic rings. The first kappa shape index (κ1) is 14.6. The summed E-state index contributed by atoms with van der Waals surface area (Å²) < 4.78 is 9.13. The van der Waals surface area contributed by atoms with Gasteiger partial charge in [0.15, 0.2) is 0 Å². The van der Waals surface area contributed by atoms with Crippen molar-refractivity contribution in [3.05, 3.63) is 35.8 Å². The Morgan fingerprint density at radius 1 is 1.29 bits per heavy atom. The van der Waals surface area contributed by atoms with Crippen LogP contribution in [0.3, 0.4) is 0 Å². The summed E-state index contributed by atoms with van der Waals surface area (Å²) in [5.41, 5.74) is 2.24. The number of nitrogens with one attached hydrogen (secondary N) is 2. The van der Waals surface area contributed by atoms with Crippen LogP contribution >= 0.6 is 0 Å². The van der Waals surface area contributed by atoms with Crippen LogP contribution in [0.25, 0.3) is 11.0 Å². The maximum Gasteiger partial charge on any atom is 0.354 e. The summed E-state index contributed by atoms with van der Waals surface area (Å²) in [7, 11) is 2.46. The van der Waals surface area contributed by atoms with E-state index < -0.39 is 11.9 Å². The van der Waals surface area contributed by atoms with Crippen LogP contribution in [0.15, 0.2) is 30.0 Å². The number of hydrogen-bond acceptors (Lipinski definition) is 6. The van der Waals surface area contributed by atoms with E-state index in [1.54, 1.807) is 18.2 Å². The minimum absolute atomic E-state index is 0.0139. The summed E-state index contributed by atoms with van der Waals surface area (Å²) >= 11 is 0. The van der Waals surface area contributed by atoms with Crippen molar-refractivity contribution in [3.63, 3.8) is 0 Å². The Bertz CT molecular complexity index is 718. The Balaban J connectivity index is 2.31. The molecule has 0 amide bonds. The van der Waals surface area contributed by atoms with Crippen LogP contribution in [0.1, 0.15) is 5.82 Å². The van der Waals surface area contributed by atoms with E-state index in [4.69, 9.17) is 0 Å². The van der Waals surface area contributed by atoms with E-state index in [0.29, 0.717) is 5.69 Å². The van der Waals surface area contributed by atoms with E-state index in [9.17, 15) is 9.59 Å². The molecule has 21 heavy (non-hydrogen) atoms. The highest BCUT2D eigenvalue weighted by Crippen LogP contribution is 2.18. The molecular formula is C14H15N3O4. The Morgan fingerprint density at radius 3 is 2.71 bits per heavy atom. The van der Waals surface area contributed by atoms with E-state index in [1.807, 2.05) is 6.92 Å². The Labute approximate surface area is 121 Å². The number of esters is 2. The van der Waals surface area contributed by atoms with Gasteiger partial charge in [-0.05, 0) is 25.1 Å². The number of H-pyrrole nitrogens is 1. The summed E-state index contributed by atoms with van der Waals surface area (Å²) in [6.45, 7) is 1.85. The molecule has 2 rings (SSSR count). The molecule has 0 aliphatic carbocycles. The summed E-state index contributed by atoms with van der Waals surface area (Å²) in [5, 5.41) is 2.83. The number of ether oxygens (including phenoxy) is 2. The number of aryl methyl sites for hydroxylation is 1. The first-order chi connectivity index (χ1) is 10.0. The van der Waals surface area contributed by atoms with Gasteiger partial charge in [-0.2, -0.15) is 0 Å². The summed E-state index contributed by atoms with van der Waals surface area (Å²) in [4.78, 5) is 30.3.